The standard InChI is InChI=1S/C10H19N/c11-7-9-3-1-2-4-10(9)8-5-6-8/h8-10H,1-7,11H2. The van der Waals surface area contributed by atoms with Crippen LogP contribution < -0.4 is 5.73 Å². The van der Waals surface area contributed by atoms with Crippen LogP contribution in [0.15, 0.2) is 0 Å². The number of nitrogens with two attached hydrogens (primary N) is 1. The van der Waals surface area contributed by atoms with E-state index < -0.39 is 0 Å². The zero-order valence-corrected chi connectivity index (χ0v) is 7.26. The van der Waals surface area contributed by atoms with Crippen LogP contribution in [0.1, 0.15) is 38.5 Å². The molecule has 1 heteroatoms. The van der Waals surface area contributed by atoms with Gasteiger partial charge in [-0.25, -0.2) is 0 Å². The van der Waals surface area contributed by atoms with E-state index in [1.54, 1.807) is 0 Å². The van der Waals surface area contributed by atoms with Crippen molar-refractivity contribution >= 4 is 0 Å². The summed E-state index contributed by atoms with van der Waals surface area (Å²) < 4.78 is 0. The highest BCUT2D eigenvalue weighted by Gasteiger charge is 2.36. The zero-order chi connectivity index (χ0) is 7.68. The molecule has 1 nitrogen and oxygen atoms in total. The Morgan fingerprint density at radius 3 is 2.36 bits per heavy atom. The first-order valence-corrected chi connectivity index (χ1v) is 5.12. The van der Waals surface area contributed by atoms with Gasteiger partial charge in [-0.1, -0.05) is 12.8 Å². The van der Waals surface area contributed by atoms with Crippen molar-refractivity contribution in [3.63, 3.8) is 0 Å². The zero-order valence-electron chi connectivity index (χ0n) is 7.26. The molecule has 0 aliphatic heterocycles. The lowest BCUT2D eigenvalue weighted by Crippen LogP contribution is -2.27. The first-order valence-electron chi connectivity index (χ1n) is 5.12. The monoisotopic (exact) mass is 153 g/mol. The Labute approximate surface area is 69.4 Å². The van der Waals surface area contributed by atoms with Crippen molar-refractivity contribution in [1.29, 1.82) is 0 Å². The fraction of sp³-hybridized carbons (Fsp3) is 1.00. The van der Waals surface area contributed by atoms with Gasteiger partial charge in [0, 0.05) is 0 Å². The fourth-order valence-electron chi connectivity index (χ4n) is 2.67. The van der Waals surface area contributed by atoms with Gasteiger partial charge in [0.25, 0.3) is 0 Å². The maximum atomic E-state index is 5.76. The summed E-state index contributed by atoms with van der Waals surface area (Å²) in [6, 6.07) is 0. The van der Waals surface area contributed by atoms with Crippen molar-refractivity contribution in [1.82, 2.24) is 0 Å². The normalized spacial score (nSPS) is 39.0. The van der Waals surface area contributed by atoms with Crippen molar-refractivity contribution in [2.75, 3.05) is 6.54 Å². The van der Waals surface area contributed by atoms with Gasteiger partial charge >= 0.3 is 0 Å². The van der Waals surface area contributed by atoms with Gasteiger partial charge in [-0.2, -0.15) is 0 Å². The van der Waals surface area contributed by atoms with Gasteiger partial charge in [0.2, 0.25) is 0 Å². The van der Waals surface area contributed by atoms with E-state index in [4.69, 9.17) is 5.73 Å². The van der Waals surface area contributed by atoms with Crippen molar-refractivity contribution in [3.05, 3.63) is 0 Å². The predicted octanol–water partition coefficient (Wildman–Crippen LogP) is 2.16. The van der Waals surface area contributed by atoms with Gasteiger partial charge < -0.3 is 5.73 Å². The van der Waals surface area contributed by atoms with E-state index in [1.807, 2.05) is 0 Å². The van der Waals surface area contributed by atoms with Crippen LogP contribution in [0.25, 0.3) is 0 Å². The third-order valence-corrected chi connectivity index (χ3v) is 3.50. The lowest BCUT2D eigenvalue weighted by Gasteiger charge is -2.30. The van der Waals surface area contributed by atoms with Gasteiger partial charge in [-0.3, -0.25) is 0 Å². The number of hydrogen-bond acceptors (Lipinski definition) is 1. The van der Waals surface area contributed by atoms with Crippen LogP contribution in [0, 0.1) is 17.8 Å². The molecular formula is C10H19N. The number of hydrogen-bond donors (Lipinski definition) is 1. The molecule has 0 amide bonds. The summed E-state index contributed by atoms with van der Waals surface area (Å²) in [6.45, 7) is 0.946. The molecule has 2 unspecified atom stereocenters. The smallest absolute Gasteiger partial charge is 0.00461 e. The van der Waals surface area contributed by atoms with E-state index in [-0.39, 0.29) is 0 Å². The quantitative estimate of drug-likeness (QED) is 0.646. The molecule has 0 aromatic rings. The lowest BCUT2D eigenvalue weighted by atomic mass is 9.76. The van der Waals surface area contributed by atoms with E-state index in [0.717, 1.165) is 24.3 Å². The predicted molar refractivity (Wildman–Crippen MR) is 47.2 cm³/mol. The summed E-state index contributed by atoms with van der Waals surface area (Å²) in [5, 5.41) is 0. The molecule has 2 saturated carbocycles. The Morgan fingerprint density at radius 2 is 1.73 bits per heavy atom. The van der Waals surface area contributed by atoms with Crippen LogP contribution in [0.4, 0.5) is 0 Å². The molecule has 2 fully saturated rings. The van der Waals surface area contributed by atoms with Gasteiger partial charge in [-0.15, -0.1) is 0 Å². The summed E-state index contributed by atoms with van der Waals surface area (Å²) in [7, 11) is 0. The Kier molecular flexibility index (Phi) is 2.17. The minimum atomic E-state index is 0.885. The first kappa shape index (κ1) is 7.60. The maximum absolute atomic E-state index is 5.76. The lowest BCUT2D eigenvalue weighted by molar-refractivity contribution is 0.216. The SMILES string of the molecule is NCC1CCCCC1C1CC1. The third kappa shape index (κ3) is 1.58. The van der Waals surface area contributed by atoms with Gasteiger partial charge in [0.15, 0.2) is 0 Å². The number of rotatable bonds is 2. The van der Waals surface area contributed by atoms with Crippen molar-refractivity contribution in [2.24, 2.45) is 23.5 Å². The van der Waals surface area contributed by atoms with Gasteiger partial charge in [0.1, 0.15) is 0 Å². The molecule has 0 heterocycles. The molecule has 64 valence electrons. The average Bonchev–Trinajstić information content (AvgIpc) is 2.87. The third-order valence-electron chi connectivity index (χ3n) is 3.50. The van der Waals surface area contributed by atoms with Crippen LogP contribution in [0.2, 0.25) is 0 Å². The minimum Gasteiger partial charge on any atom is -0.330 e. The van der Waals surface area contributed by atoms with E-state index in [2.05, 4.69) is 0 Å². The highest BCUT2D eigenvalue weighted by atomic mass is 14.6. The fourth-order valence-corrected chi connectivity index (χ4v) is 2.67. The van der Waals surface area contributed by atoms with Crippen LogP contribution in [0.3, 0.4) is 0 Å². The van der Waals surface area contributed by atoms with Crippen molar-refractivity contribution in [3.8, 4) is 0 Å². The minimum absolute atomic E-state index is 0.885. The molecule has 0 bridgehead atoms. The van der Waals surface area contributed by atoms with E-state index in [1.165, 1.54) is 38.5 Å². The molecule has 11 heavy (non-hydrogen) atoms. The molecule has 2 aliphatic carbocycles. The van der Waals surface area contributed by atoms with Crippen LogP contribution in [0.5, 0.6) is 0 Å². The molecule has 0 aromatic heterocycles. The molecular weight excluding hydrogens is 134 g/mol. The second-order valence-corrected chi connectivity index (χ2v) is 4.28. The topological polar surface area (TPSA) is 26.0 Å². The summed E-state index contributed by atoms with van der Waals surface area (Å²) in [6.07, 6.45) is 8.80. The first-order chi connectivity index (χ1) is 5.42. The Morgan fingerprint density at radius 1 is 1.00 bits per heavy atom. The Balaban J connectivity index is 1.91. The largest absolute Gasteiger partial charge is 0.330 e. The Bertz CT molecular complexity index is 129. The van der Waals surface area contributed by atoms with E-state index in [0.29, 0.717) is 0 Å². The molecule has 0 saturated heterocycles. The summed E-state index contributed by atoms with van der Waals surface area (Å²) in [4.78, 5) is 0. The van der Waals surface area contributed by atoms with Crippen molar-refractivity contribution < 1.29 is 0 Å². The highest BCUT2D eigenvalue weighted by molar-refractivity contribution is 4.88. The van der Waals surface area contributed by atoms with E-state index >= 15 is 0 Å². The molecule has 2 atom stereocenters. The maximum Gasteiger partial charge on any atom is -0.00461 e. The van der Waals surface area contributed by atoms with Crippen LogP contribution in [-0.2, 0) is 0 Å². The molecule has 2 rings (SSSR count). The average molecular weight is 153 g/mol. The summed E-state index contributed by atoms with van der Waals surface area (Å²) in [5.74, 6) is 2.99. The Hall–Kier alpha value is -0.0400. The van der Waals surface area contributed by atoms with Gasteiger partial charge in [-0.05, 0) is 50.0 Å². The molecule has 0 radical (unpaired) electrons. The molecule has 2 aliphatic rings. The van der Waals surface area contributed by atoms with Crippen LogP contribution in [-0.4, -0.2) is 6.54 Å². The summed E-state index contributed by atoms with van der Waals surface area (Å²) in [5.41, 5.74) is 5.76. The second-order valence-electron chi connectivity index (χ2n) is 4.28. The molecule has 0 aromatic carbocycles. The van der Waals surface area contributed by atoms with E-state index in [9.17, 15) is 0 Å². The van der Waals surface area contributed by atoms with Crippen molar-refractivity contribution in [2.45, 2.75) is 38.5 Å². The van der Waals surface area contributed by atoms with Crippen LogP contribution >= 0.6 is 0 Å². The second kappa shape index (κ2) is 3.14. The van der Waals surface area contributed by atoms with Gasteiger partial charge in [0.05, 0.1) is 0 Å². The molecule has 0 spiro atoms. The highest BCUT2D eigenvalue weighted by Crippen LogP contribution is 2.46. The summed E-state index contributed by atoms with van der Waals surface area (Å²) >= 11 is 0. The molecule has 2 N–H and O–H groups in total.